The van der Waals surface area contributed by atoms with Crippen LogP contribution >= 0.6 is 27.3 Å². The number of carbonyl (C=O) groups excluding carboxylic acids is 1. The maximum Gasteiger partial charge on any atom is 0.230 e. The van der Waals surface area contributed by atoms with Crippen molar-refractivity contribution in [1.29, 1.82) is 0 Å². The molecule has 3 aromatic rings. The number of fused-ring (bicyclic) bond motifs is 1. The molecule has 7 heteroatoms. The van der Waals surface area contributed by atoms with E-state index in [0.717, 1.165) is 14.7 Å². The van der Waals surface area contributed by atoms with Gasteiger partial charge in [0.05, 0.1) is 33.3 Å². The molecule has 114 valence electrons. The first-order valence-electron chi connectivity index (χ1n) is 6.87. The Hall–Kier alpha value is -1.73. The van der Waals surface area contributed by atoms with Crippen LogP contribution in [0.2, 0.25) is 0 Å². The van der Waals surface area contributed by atoms with Crippen LogP contribution in [0.1, 0.15) is 12.5 Å². The molecule has 0 aliphatic heterocycles. The van der Waals surface area contributed by atoms with Crippen molar-refractivity contribution < 1.29 is 4.79 Å². The number of benzene rings is 1. The van der Waals surface area contributed by atoms with Crippen LogP contribution in [0.15, 0.2) is 35.1 Å². The fourth-order valence-electron chi connectivity index (χ4n) is 2.12. The Balaban J connectivity index is 1.69. The number of anilines is 1. The molecule has 0 saturated carbocycles. The Morgan fingerprint density at radius 3 is 3.05 bits per heavy atom. The highest BCUT2D eigenvalue weighted by Gasteiger charge is 2.16. The number of amides is 1. The van der Waals surface area contributed by atoms with Gasteiger partial charge in [-0.2, -0.15) is 5.10 Å². The second kappa shape index (κ2) is 6.18. The smallest absolute Gasteiger partial charge is 0.230 e. The quantitative estimate of drug-likeness (QED) is 0.749. The van der Waals surface area contributed by atoms with E-state index in [9.17, 15) is 4.79 Å². The van der Waals surface area contributed by atoms with Crippen molar-refractivity contribution >= 4 is 48.5 Å². The van der Waals surface area contributed by atoms with Crippen LogP contribution in [0.5, 0.6) is 0 Å². The number of hydrogen-bond acceptors (Lipinski definition) is 4. The van der Waals surface area contributed by atoms with Crippen molar-refractivity contribution in [2.75, 3.05) is 5.32 Å². The molecule has 5 nitrogen and oxygen atoms in total. The van der Waals surface area contributed by atoms with E-state index in [0.29, 0.717) is 11.7 Å². The lowest BCUT2D eigenvalue weighted by atomic mass is 10.2. The molecular formula is C15H15BrN4OS. The molecule has 2 aromatic heterocycles. The highest BCUT2D eigenvalue weighted by Crippen LogP contribution is 2.27. The average molecular weight is 379 g/mol. The molecule has 0 aliphatic carbocycles. The van der Waals surface area contributed by atoms with Gasteiger partial charge in [-0.25, -0.2) is 4.98 Å². The summed E-state index contributed by atoms with van der Waals surface area (Å²) in [4.78, 5) is 16.7. The first-order valence-corrected chi connectivity index (χ1v) is 8.48. The highest BCUT2D eigenvalue weighted by molar-refractivity contribution is 9.10. The van der Waals surface area contributed by atoms with Crippen molar-refractivity contribution in [1.82, 2.24) is 14.8 Å². The monoisotopic (exact) mass is 378 g/mol. The predicted octanol–water partition coefficient (Wildman–Crippen LogP) is 3.84. The number of rotatable bonds is 4. The number of nitrogens with zero attached hydrogens (tertiary/aromatic N) is 3. The number of hydrogen-bond donors (Lipinski definition) is 1. The van der Waals surface area contributed by atoms with Crippen LogP contribution in [-0.2, 0) is 11.3 Å². The fraction of sp³-hybridized carbons (Fsp3) is 0.267. The molecule has 0 aliphatic rings. The summed E-state index contributed by atoms with van der Waals surface area (Å²) in [7, 11) is 0. The van der Waals surface area contributed by atoms with E-state index in [2.05, 4.69) is 37.4 Å². The molecule has 0 spiro atoms. The van der Waals surface area contributed by atoms with E-state index < -0.39 is 0 Å². The summed E-state index contributed by atoms with van der Waals surface area (Å²) in [5, 5.41) is 7.70. The second-order valence-corrected chi connectivity index (χ2v) is 7.21. The van der Waals surface area contributed by atoms with E-state index in [1.807, 2.05) is 32.2 Å². The van der Waals surface area contributed by atoms with Gasteiger partial charge >= 0.3 is 0 Å². The minimum atomic E-state index is -0.194. The maximum absolute atomic E-state index is 12.3. The van der Waals surface area contributed by atoms with E-state index in [-0.39, 0.29) is 11.8 Å². The molecule has 0 bridgehead atoms. The summed E-state index contributed by atoms with van der Waals surface area (Å²) < 4.78 is 3.73. The SMILES string of the molecule is Cc1ccc2nc(NC(=O)[C@@H](C)Cn3cc(Br)cn3)sc2c1. The summed E-state index contributed by atoms with van der Waals surface area (Å²) in [5.74, 6) is -0.247. The topological polar surface area (TPSA) is 59.8 Å². The van der Waals surface area contributed by atoms with Crippen LogP contribution in [-0.4, -0.2) is 20.7 Å². The summed E-state index contributed by atoms with van der Waals surface area (Å²) in [6.07, 6.45) is 3.56. The van der Waals surface area contributed by atoms with Crippen LogP contribution in [0.4, 0.5) is 5.13 Å². The van der Waals surface area contributed by atoms with Gasteiger partial charge in [0.2, 0.25) is 5.91 Å². The Bertz CT molecular complexity index is 826. The molecule has 2 heterocycles. The van der Waals surface area contributed by atoms with Crippen molar-refractivity contribution in [3.05, 3.63) is 40.6 Å². The van der Waals surface area contributed by atoms with Crippen LogP contribution < -0.4 is 5.32 Å². The Labute approximate surface area is 140 Å². The fourth-order valence-corrected chi connectivity index (χ4v) is 3.41. The zero-order chi connectivity index (χ0) is 15.7. The van der Waals surface area contributed by atoms with E-state index >= 15 is 0 Å². The molecule has 22 heavy (non-hydrogen) atoms. The Kier molecular flexibility index (Phi) is 4.26. The first-order chi connectivity index (χ1) is 10.5. The first kappa shape index (κ1) is 15.2. The Morgan fingerprint density at radius 1 is 1.50 bits per heavy atom. The number of nitrogens with one attached hydrogen (secondary N) is 1. The Morgan fingerprint density at radius 2 is 2.32 bits per heavy atom. The van der Waals surface area contributed by atoms with Gasteiger partial charge in [0, 0.05) is 6.20 Å². The van der Waals surface area contributed by atoms with Crippen LogP contribution in [0, 0.1) is 12.8 Å². The van der Waals surface area contributed by atoms with Gasteiger partial charge in [-0.3, -0.25) is 9.48 Å². The molecule has 3 rings (SSSR count). The molecule has 0 saturated heterocycles. The third-order valence-electron chi connectivity index (χ3n) is 3.28. The van der Waals surface area contributed by atoms with Gasteiger partial charge in [0.15, 0.2) is 5.13 Å². The molecule has 0 radical (unpaired) electrons. The van der Waals surface area contributed by atoms with Crippen molar-refractivity contribution in [3.63, 3.8) is 0 Å². The molecule has 1 N–H and O–H groups in total. The zero-order valence-electron chi connectivity index (χ0n) is 12.2. The van der Waals surface area contributed by atoms with Gasteiger partial charge in [-0.1, -0.05) is 24.3 Å². The second-order valence-electron chi connectivity index (χ2n) is 5.26. The lowest BCUT2D eigenvalue weighted by Gasteiger charge is -2.10. The summed E-state index contributed by atoms with van der Waals surface area (Å²) >= 11 is 4.84. The van der Waals surface area contributed by atoms with E-state index in [1.165, 1.54) is 16.9 Å². The molecule has 0 fully saturated rings. The summed E-state index contributed by atoms with van der Waals surface area (Å²) in [6, 6.07) is 6.07. The van der Waals surface area contributed by atoms with Crippen LogP contribution in [0.3, 0.4) is 0 Å². The molecule has 0 unspecified atom stereocenters. The average Bonchev–Trinajstić information content (AvgIpc) is 3.04. The molecular weight excluding hydrogens is 364 g/mol. The zero-order valence-corrected chi connectivity index (χ0v) is 14.6. The van der Waals surface area contributed by atoms with Crippen molar-refractivity contribution in [2.24, 2.45) is 5.92 Å². The van der Waals surface area contributed by atoms with Crippen molar-refractivity contribution in [3.8, 4) is 0 Å². The largest absolute Gasteiger partial charge is 0.302 e. The summed E-state index contributed by atoms with van der Waals surface area (Å²) in [6.45, 7) is 4.45. The normalized spacial score (nSPS) is 12.5. The molecule has 1 atom stereocenters. The third kappa shape index (κ3) is 3.36. The number of aryl methyl sites for hydroxylation is 1. The van der Waals surface area contributed by atoms with Gasteiger partial charge in [-0.15, -0.1) is 0 Å². The van der Waals surface area contributed by atoms with Gasteiger partial charge in [-0.05, 0) is 40.5 Å². The summed E-state index contributed by atoms with van der Waals surface area (Å²) in [5.41, 5.74) is 2.10. The standard InChI is InChI=1S/C15H15BrN4OS/c1-9-3-4-12-13(5-9)22-15(18-12)19-14(21)10(2)7-20-8-11(16)6-17-20/h3-6,8,10H,7H2,1-2H3,(H,18,19,21)/t10-/m0/s1. The van der Waals surface area contributed by atoms with Gasteiger partial charge < -0.3 is 5.32 Å². The maximum atomic E-state index is 12.3. The van der Waals surface area contributed by atoms with E-state index in [4.69, 9.17) is 0 Å². The lowest BCUT2D eigenvalue weighted by Crippen LogP contribution is -2.24. The van der Waals surface area contributed by atoms with Crippen molar-refractivity contribution in [2.45, 2.75) is 20.4 Å². The van der Waals surface area contributed by atoms with E-state index in [1.54, 1.807) is 10.9 Å². The number of carbonyl (C=O) groups is 1. The minimum absolute atomic E-state index is 0.0533. The molecule has 1 aromatic carbocycles. The van der Waals surface area contributed by atoms with Gasteiger partial charge in [0.1, 0.15) is 0 Å². The number of thiazole rings is 1. The lowest BCUT2D eigenvalue weighted by molar-refractivity contribution is -0.119. The van der Waals surface area contributed by atoms with Crippen LogP contribution in [0.25, 0.3) is 10.2 Å². The number of halogens is 1. The predicted molar refractivity (Wildman–Crippen MR) is 92.1 cm³/mol. The third-order valence-corrected chi connectivity index (χ3v) is 4.63. The van der Waals surface area contributed by atoms with Gasteiger partial charge in [0.25, 0.3) is 0 Å². The minimum Gasteiger partial charge on any atom is -0.302 e. The number of aromatic nitrogens is 3. The highest BCUT2D eigenvalue weighted by atomic mass is 79.9. The molecule has 1 amide bonds.